The lowest BCUT2D eigenvalue weighted by Crippen LogP contribution is -2.15. The van der Waals surface area contributed by atoms with E-state index in [0.717, 1.165) is 90.4 Å². The van der Waals surface area contributed by atoms with Gasteiger partial charge in [-0.25, -0.2) is 4.98 Å². The van der Waals surface area contributed by atoms with Crippen LogP contribution in [0.15, 0.2) is 176 Å². The Morgan fingerprint density at radius 2 is 0.840 bits per heavy atom. The summed E-state index contributed by atoms with van der Waals surface area (Å²) in [5, 5.41) is 1.08. The maximum Gasteiger partial charge on any atom is 0.151 e. The third kappa shape index (κ3) is 4.60. The van der Waals surface area contributed by atoms with Gasteiger partial charge in [0, 0.05) is 22.3 Å². The molecule has 10 rings (SSSR count). The molecule has 0 N–H and O–H groups in total. The van der Waals surface area contributed by atoms with E-state index in [1.54, 1.807) is 0 Å². The van der Waals surface area contributed by atoms with E-state index in [1.165, 1.54) is 0 Å². The number of fused-ring (bicyclic) bond motifs is 5. The van der Waals surface area contributed by atoms with Gasteiger partial charge in [0.15, 0.2) is 23.0 Å². The van der Waals surface area contributed by atoms with Crippen molar-refractivity contribution in [1.29, 1.82) is 0 Å². The van der Waals surface area contributed by atoms with Crippen LogP contribution in [-0.2, 0) is 0 Å². The lowest BCUT2D eigenvalue weighted by Gasteiger charge is -2.33. The molecule has 0 unspecified atom stereocenters. The molecule has 236 valence electrons. The summed E-state index contributed by atoms with van der Waals surface area (Å²) in [4.78, 5) is 9.77. The van der Waals surface area contributed by atoms with Crippen molar-refractivity contribution in [3.63, 3.8) is 0 Å². The standard InChI is InChI=1S/C45H29N3O2/c1-2-12-30(13-3-1)34-29-37(31-22-24-32(25-23-31)47-38-14-4-8-18-42(38)49-43-19-9-5-15-39(43)47)46-36-27-26-33(28-35(34)36)48-40-16-6-10-20-44(40)50-45-21-11-7-17-41(45)48/h1-29H. The number of hydrogen-bond donors (Lipinski definition) is 0. The third-order valence-electron chi connectivity index (χ3n) is 9.42. The molecule has 0 saturated heterocycles. The number of ether oxygens (including phenoxy) is 2. The van der Waals surface area contributed by atoms with Gasteiger partial charge in [0.1, 0.15) is 0 Å². The Morgan fingerprint density at radius 1 is 0.380 bits per heavy atom. The summed E-state index contributed by atoms with van der Waals surface area (Å²) in [5.41, 5.74) is 11.3. The van der Waals surface area contributed by atoms with Crippen molar-refractivity contribution >= 4 is 45.0 Å². The van der Waals surface area contributed by atoms with E-state index in [0.29, 0.717) is 0 Å². The molecule has 0 spiro atoms. The molecule has 0 atom stereocenters. The highest BCUT2D eigenvalue weighted by Gasteiger charge is 2.27. The normalized spacial score (nSPS) is 12.6. The number of rotatable bonds is 4. The molecule has 0 fully saturated rings. The van der Waals surface area contributed by atoms with E-state index >= 15 is 0 Å². The number of aromatic nitrogens is 1. The second kappa shape index (κ2) is 11.4. The van der Waals surface area contributed by atoms with Gasteiger partial charge in [0.2, 0.25) is 0 Å². The van der Waals surface area contributed by atoms with Crippen LogP contribution >= 0.6 is 0 Å². The van der Waals surface area contributed by atoms with E-state index in [9.17, 15) is 0 Å². The molecule has 0 amide bonds. The second-order valence-electron chi connectivity index (χ2n) is 12.4. The summed E-state index contributed by atoms with van der Waals surface area (Å²) in [6.07, 6.45) is 0. The van der Waals surface area contributed by atoms with E-state index in [-0.39, 0.29) is 0 Å². The lowest BCUT2D eigenvalue weighted by molar-refractivity contribution is 0.477. The molecule has 0 saturated carbocycles. The number of hydrogen-bond acceptors (Lipinski definition) is 5. The van der Waals surface area contributed by atoms with Gasteiger partial charge in [0.05, 0.1) is 34.0 Å². The predicted octanol–water partition coefficient (Wildman–Crippen LogP) is 12.7. The zero-order valence-corrected chi connectivity index (χ0v) is 26.9. The fraction of sp³-hybridized carbons (Fsp3) is 0. The zero-order valence-electron chi connectivity index (χ0n) is 26.9. The monoisotopic (exact) mass is 643 g/mol. The molecule has 8 aromatic rings. The van der Waals surface area contributed by atoms with E-state index in [2.05, 4.69) is 125 Å². The minimum atomic E-state index is 0.829. The van der Waals surface area contributed by atoms with Crippen LogP contribution in [0.4, 0.5) is 34.1 Å². The second-order valence-corrected chi connectivity index (χ2v) is 12.4. The summed E-state index contributed by atoms with van der Waals surface area (Å²) in [6.45, 7) is 0. The molecular formula is C45H29N3O2. The molecule has 1 aromatic heterocycles. The van der Waals surface area contributed by atoms with Gasteiger partial charge in [-0.15, -0.1) is 0 Å². The van der Waals surface area contributed by atoms with E-state index in [4.69, 9.17) is 14.5 Å². The number of pyridine rings is 1. The van der Waals surface area contributed by atoms with Crippen molar-refractivity contribution in [3.8, 4) is 45.4 Å². The predicted molar refractivity (Wildman–Crippen MR) is 202 cm³/mol. The Kier molecular flexibility index (Phi) is 6.42. The highest BCUT2D eigenvalue weighted by atomic mass is 16.5. The molecule has 0 aliphatic carbocycles. The van der Waals surface area contributed by atoms with Crippen molar-refractivity contribution in [2.75, 3.05) is 9.80 Å². The van der Waals surface area contributed by atoms with Crippen LogP contribution in [0.3, 0.4) is 0 Å². The van der Waals surface area contributed by atoms with Gasteiger partial charge in [0.25, 0.3) is 0 Å². The first kappa shape index (κ1) is 28.2. The largest absolute Gasteiger partial charge is 0.453 e. The molecule has 5 nitrogen and oxygen atoms in total. The van der Waals surface area contributed by atoms with Gasteiger partial charge < -0.3 is 19.3 Å². The number of anilines is 6. The zero-order chi connectivity index (χ0) is 33.0. The molecule has 2 aliphatic heterocycles. The van der Waals surface area contributed by atoms with E-state index in [1.807, 2.05) is 60.7 Å². The first-order valence-electron chi connectivity index (χ1n) is 16.7. The maximum atomic E-state index is 6.29. The summed E-state index contributed by atoms with van der Waals surface area (Å²) in [6, 6.07) is 60.7. The molecule has 50 heavy (non-hydrogen) atoms. The third-order valence-corrected chi connectivity index (χ3v) is 9.42. The molecule has 0 radical (unpaired) electrons. The van der Waals surface area contributed by atoms with Crippen molar-refractivity contribution < 1.29 is 9.47 Å². The Labute approximate surface area is 289 Å². The van der Waals surface area contributed by atoms with Gasteiger partial charge in [-0.05, 0) is 96.1 Å². The first-order chi connectivity index (χ1) is 24.8. The lowest BCUT2D eigenvalue weighted by atomic mass is 9.97. The highest BCUT2D eigenvalue weighted by Crippen LogP contribution is 2.52. The minimum absolute atomic E-state index is 0.829. The summed E-state index contributed by atoms with van der Waals surface area (Å²) < 4.78 is 12.5. The average molecular weight is 644 g/mol. The molecule has 7 aromatic carbocycles. The van der Waals surface area contributed by atoms with Gasteiger partial charge in [-0.3, -0.25) is 0 Å². The molecule has 2 aliphatic rings. The van der Waals surface area contributed by atoms with Crippen LogP contribution in [0.2, 0.25) is 0 Å². The van der Waals surface area contributed by atoms with Crippen LogP contribution in [0.25, 0.3) is 33.3 Å². The maximum absolute atomic E-state index is 6.29. The van der Waals surface area contributed by atoms with Crippen LogP contribution in [0.5, 0.6) is 23.0 Å². The van der Waals surface area contributed by atoms with Gasteiger partial charge in [-0.1, -0.05) is 91.0 Å². The Hall–Kier alpha value is -6.85. The fourth-order valence-electron chi connectivity index (χ4n) is 7.10. The van der Waals surface area contributed by atoms with Crippen LogP contribution in [0.1, 0.15) is 0 Å². The van der Waals surface area contributed by atoms with Crippen molar-refractivity contribution in [2.24, 2.45) is 0 Å². The number of nitrogens with zero attached hydrogens (tertiary/aromatic N) is 3. The minimum Gasteiger partial charge on any atom is -0.453 e. The molecule has 0 bridgehead atoms. The molecular weight excluding hydrogens is 615 g/mol. The summed E-state index contributed by atoms with van der Waals surface area (Å²) in [7, 11) is 0. The Balaban J connectivity index is 1.09. The highest BCUT2D eigenvalue weighted by molar-refractivity contribution is 6.00. The fourth-order valence-corrected chi connectivity index (χ4v) is 7.10. The van der Waals surface area contributed by atoms with Crippen molar-refractivity contribution in [1.82, 2.24) is 4.98 Å². The van der Waals surface area contributed by atoms with Crippen LogP contribution < -0.4 is 19.3 Å². The Morgan fingerprint density at radius 3 is 1.38 bits per heavy atom. The topological polar surface area (TPSA) is 37.8 Å². The van der Waals surface area contributed by atoms with Crippen LogP contribution in [0, 0.1) is 0 Å². The summed E-state index contributed by atoms with van der Waals surface area (Å²) >= 11 is 0. The number of benzene rings is 7. The quantitative estimate of drug-likeness (QED) is 0.191. The van der Waals surface area contributed by atoms with Crippen LogP contribution in [-0.4, -0.2) is 4.98 Å². The smallest absolute Gasteiger partial charge is 0.151 e. The average Bonchev–Trinajstić information content (AvgIpc) is 3.19. The first-order valence-corrected chi connectivity index (χ1v) is 16.7. The molecule has 3 heterocycles. The molecule has 5 heteroatoms. The van der Waals surface area contributed by atoms with E-state index < -0.39 is 0 Å². The van der Waals surface area contributed by atoms with Gasteiger partial charge in [-0.2, -0.15) is 0 Å². The van der Waals surface area contributed by atoms with Crippen molar-refractivity contribution in [2.45, 2.75) is 0 Å². The Bertz CT molecular complexity index is 2470. The van der Waals surface area contributed by atoms with Gasteiger partial charge >= 0.3 is 0 Å². The SMILES string of the molecule is c1ccc(-c2cc(-c3ccc(N4c5ccccc5Oc5ccccc54)cc3)nc3ccc(N4c5ccccc5Oc5ccccc54)cc23)cc1. The summed E-state index contributed by atoms with van der Waals surface area (Å²) in [5.74, 6) is 3.33. The number of para-hydroxylation sites is 8. The van der Waals surface area contributed by atoms with Crippen molar-refractivity contribution in [3.05, 3.63) is 176 Å².